The molecule has 0 aliphatic carbocycles. The van der Waals surface area contributed by atoms with E-state index in [1.807, 2.05) is 37.3 Å². The number of para-hydroxylation sites is 1. The Labute approximate surface area is 148 Å². The Balaban J connectivity index is 1.77. The number of benzene rings is 2. The molecule has 1 aliphatic rings. The highest BCUT2D eigenvalue weighted by Gasteiger charge is 2.32. The Morgan fingerprint density at radius 2 is 1.64 bits per heavy atom. The van der Waals surface area contributed by atoms with Crippen LogP contribution in [-0.2, 0) is 10.0 Å². The Morgan fingerprint density at radius 3 is 2.20 bits per heavy atom. The van der Waals surface area contributed by atoms with Crippen LogP contribution in [0.1, 0.15) is 24.2 Å². The van der Waals surface area contributed by atoms with Gasteiger partial charge in [-0.2, -0.15) is 4.31 Å². The normalized spacial score (nSPS) is 19.0. The molecule has 0 aromatic heterocycles. The van der Waals surface area contributed by atoms with Crippen LogP contribution in [0, 0.1) is 0 Å². The molecule has 2 aromatic carbocycles. The lowest BCUT2D eigenvalue weighted by molar-refractivity contribution is 0.101. The topological polar surface area (TPSA) is 57.7 Å². The maximum atomic E-state index is 12.9. The number of carbonyl (C=O) groups is 1. The molecule has 0 bridgehead atoms. The van der Waals surface area contributed by atoms with Gasteiger partial charge in [0.15, 0.2) is 5.78 Å². The summed E-state index contributed by atoms with van der Waals surface area (Å²) in [6, 6.07) is 16.3. The molecule has 0 amide bonds. The first-order valence-electron chi connectivity index (χ1n) is 8.32. The quantitative estimate of drug-likeness (QED) is 0.789. The van der Waals surface area contributed by atoms with Gasteiger partial charge < -0.3 is 4.90 Å². The third kappa shape index (κ3) is 3.60. The van der Waals surface area contributed by atoms with E-state index in [1.165, 1.54) is 23.4 Å². The number of hydrogen-bond donors (Lipinski definition) is 0. The molecule has 0 spiro atoms. The zero-order valence-electron chi connectivity index (χ0n) is 14.4. The van der Waals surface area contributed by atoms with Crippen LogP contribution in [0.2, 0.25) is 0 Å². The Morgan fingerprint density at radius 1 is 1.00 bits per heavy atom. The molecule has 1 atom stereocenters. The molecule has 25 heavy (non-hydrogen) atoms. The van der Waals surface area contributed by atoms with Crippen LogP contribution >= 0.6 is 0 Å². The summed E-state index contributed by atoms with van der Waals surface area (Å²) in [5.74, 6) is -0.0750. The molecule has 6 heteroatoms. The van der Waals surface area contributed by atoms with Gasteiger partial charge in [0.1, 0.15) is 0 Å². The zero-order valence-corrected chi connectivity index (χ0v) is 15.2. The van der Waals surface area contributed by atoms with Gasteiger partial charge in [-0.3, -0.25) is 4.79 Å². The summed E-state index contributed by atoms with van der Waals surface area (Å²) >= 11 is 0. The fourth-order valence-corrected chi connectivity index (χ4v) is 4.67. The van der Waals surface area contributed by atoms with Gasteiger partial charge in [-0.1, -0.05) is 30.3 Å². The van der Waals surface area contributed by atoms with Crippen LogP contribution in [0.5, 0.6) is 0 Å². The third-order valence-corrected chi connectivity index (χ3v) is 6.46. The fraction of sp³-hybridized carbons (Fsp3) is 0.316. The first kappa shape index (κ1) is 17.6. The minimum Gasteiger partial charge on any atom is -0.366 e. The summed E-state index contributed by atoms with van der Waals surface area (Å²) in [4.78, 5) is 13.8. The van der Waals surface area contributed by atoms with Gasteiger partial charge in [-0.25, -0.2) is 8.42 Å². The van der Waals surface area contributed by atoms with E-state index in [0.717, 1.165) is 5.69 Å². The van der Waals surface area contributed by atoms with Crippen molar-refractivity contribution >= 4 is 21.5 Å². The van der Waals surface area contributed by atoms with Crippen molar-refractivity contribution in [3.05, 3.63) is 60.2 Å². The molecule has 132 valence electrons. The molecule has 5 nitrogen and oxygen atoms in total. The van der Waals surface area contributed by atoms with Crippen molar-refractivity contribution in [2.24, 2.45) is 0 Å². The van der Waals surface area contributed by atoms with E-state index in [1.54, 1.807) is 12.1 Å². The number of hydrogen-bond acceptors (Lipinski definition) is 4. The van der Waals surface area contributed by atoms with E-state index in [2.05, 4.69) is 4.90 Å². The van der Waals surface area contributed by atoms with Crippen molar-refractivity contribution in [3.8, 4) is 0 Å². The smallest absolute Gasteiger partial charge is 0.243 e. The van der Waals surface area contributed by atoms with Crippen molar-refractivity contribution in [2.75, 3.05) is 24.5 Å². The number of piperazine rings is 1. The Hall–Kier alpha value is -2.18. The van der Waals surface area contributed by atoms with E-state index in [4.69, 9.17) is 0 Å². The molecule has 1 fully saturated rings. The second-order valence-electron chi connectivity index (χ2n) is 6.32. The lowest BCUT2D eigenvalue weighted by atomic mass is 10.2. The van der Waals surface area contributed by atoms with Gasteiger partial charge in [0.2, 0.25) is 10.0 Å². The van der Waals surface area contributed by atoms with Crippen molar-refractivity contribution < 1.29 is 13.2 Å². The van der Waals surface area contributed by atoms with Crippen molar-refractivity contribution in [3.63, 3.8) is 0 Å². The Bertz CT molecular complexity index is 848. The molecule has 3 rings (SSSR count). The predicted octanol–water partition coefficient (Wildman–Crippen LogP) is 2.79. The lowest BCUT2D eigenvalue weighted by Crippen LogP contribution is -2.53. The van der Waals surface area contributed by atoms with Crippen LogP contribution in [0.4, 0.5) is 5.69 Å². The molecular formula is C19H22N2O3S. The summed E-state index contributed by atoms with van der Waals surface area (Å²) in [5.41, 5.74) is 1.62. The molecule has 1 saturated heterocycles. The highest BCUT2D eigenvalue weighted by molar-refractivity contribution is 7.89. The average Bonchev–Trinajstić information content (AvgIpc) is 2.62. The van der Waals surface area contributed by atoms with Crippen molar-refractivity contribution in [2.45, 2.75) is 24.8 Å². The number of carbonyl (C=O) groups excluding carboxylic acids is 1. The summed E-state index contributed by atoms with van der Waals surface area (Å²) in [6.45, 7) is 5.03. The van der Waals surface area contributed by atoms with E-state index in [-0.39, 0.29) is 16.7 Å². The molecule has 1 aliphatic heterocycles. The number of rotatable bonds is 4. The van der Waals surface area contributed by atoms with Crippen LogP contribution < -0.4 is 4.90 Å². The predicted molar refractivity (Wildman–Crippen MR) is 98.5 cm³/mol. The molecule has 2 aromatic rings. The monoisotopic (exact) mass is 358 g/mol. The number of nitrogens with zero attached hydrogens (tertiary/aromatic N) is 2. The number of Topliss-reactive ketones (excluding diaryl/α,β-unsaturated/α-hetero) is 1. The van der Waals surface area contributed by atoms with Crippen LogP contribution in [-0.4, -0.2) is 44.2 Å². The lowest BCUT2D eigenvalue weighted by Gasteiger charge is -2.40. The van der Waals surface area contributed by atoms with E-state index in [9.17, 15) is 13.2 Å². The number of anilines is 1. The van der Waals surface area contributed by atoms with E-state index >= 15 is 0 Å². The van der Waals surface area contributed by atoms with Gasteiger partial charge in [-0.05, 0) is 38.1 Å². The zero-order chi connectivity index (χ0) is 18.0. The van der Waals surface area contributed by atoms with Gasteiger partial charge in [-0.15, -0.1) is 0 Å². The van der Waals surface area contributed by atoms with Crippen LogP contribution in [0.25, 0.3) is 0 Å². The van der Waals surface area contributed by atoms with Gasteiger partial charge >= 0.3 is 0 Å². The third-order valence-electron chi connectivity index (χ3n) is 4.58. The van der Waals surface area contributed by atoms with Gasteiger partial charge in [0, 0.05) is 36.9 Å². The average molecular weight is 358 g/mol. The molecule has 1 unspecified atom stereocenters. The SMILES string of the molecule is CC(=O)c1ccc(S(=O)(=O)N2CCN(c3ccccc3)C(C)C2)cc1. The molecule has 0 N–H and O–H groups in total. The summed E-state index contributed by atoms with van der Waals surface area (Å²) < 4.78 is 27.3. The van der Waals surface area contributed by atoms with Crippen molar-refractivity contribution in [1.29, 1.82) is 0 Å². The highest BCUT2D eigenvalue weighted by atomic mass is 32.2. The Kier molecular flexibility index (Phi) is 4.92. The minimum atomic E-state index is -3.55. The summed E-state index contributed by atoms with van der Waals surface area (Å²) in [6.07, 6.45) is 0. The van der Waals surface area contributed by atoms with Crippen LogP contribution in [0.15, 0.2) is 59.5 Å². The second kappa shape index (κ2) is 6.98. The first-order valence-corrected chi connectivity index (χ1v) is 9.76. The van der Waals surface area contributed by atoms with Crippen molar-refractivity contribution in [1.82, 2.24) is 4.31 Å². The first-order chi connectivity index (χ1) is 11.9. The number of sulfonamides is 1. The minimum absolute atomic E-state index is 0.0750. The molecule has 0 saturated carbocycles. The summed E-state index contributed by atoms with van der Waals surface area (Å²) in [5, 5.41) is 0. The van der Waals surface area contributed by atoms with E-state index < -0.39 is 10.0 Å². The fourth-order valence-electron chi connectivity index (χ4n) is 3.16. The van der Waals surface area contributed by atoms with Crippen LogP contribution in [0.3, 0.4) is 0 Å². The largest absolute Gasteiger partial charge is 0.366 e. The highest BCUT2D eigenvalue weighted by Crippen LogP contribution is 2.24. The van der Waals surface area contributed by atoms with Gasteiger partial charge in [0.05, 0.1) is 4.90 Å². The standard InChI is InChI=1S/C19H22N2O3S/c1-15-14-20(12-13-21(15)18-6-4-3-5-7-18)25(23,24)19-10-8-17(9-11-19)16(2)22/h3-11,15H,12-14H2,1-2H3. The molecule has 1 heterocycles. The van der Waals surface area contributed by atoms with E-state index in [0.29, 0.717) is 25.2 Å². The molecule has 0 radical (unpaired) electrons. The molecular weight excluding hydrogens is 336 g/mol. The maximum absolute atomic E-state index is 12.9. The maximum Gasteiger partial charge on any atom is 0.243 e. The number of ketones is 1. The second-order valence-corrected chi connectivity index (χ2v) is 8.26. The summed E-state index contributed by atoms with van der Waals surface area (Å²) in [7, 11) is -3.55. The van der Waals surface area contributed by atoms with Gasteiger partial charge in [0.25, 0.3) is 0 Å².